The average Bonchev–Trinajstić information content (AvgIpc) is 2.29. The predicted octanol–water partition coefficient (Wildman–Crippen LogP) is 1.90. The predicted molar refractivity (Wildman–Crippen MR) is 66.1 cm³/mol. The molecule has 0 heterocycles. The zero-order valence-electron chi connectivity index (χ0n) is 10.5. The van der Waals surface area contributed by atoms with Gasteiger partial charge in [0.1, 0.15) is 5.75 Å². The molecule has 0 aromatic heterocycles. The average molecular weight is 237 g/mol. The van der Waals surface area contributed by atoms with Crippen LogP contribution >= 0.6 is 0 Å². The number of ether oxygens (including phenoxy) is 1. The molecule has 94 valence electrons. The van der Waals surface area contributed by atoms with Gasteiger partial charge in [-0.05, 0) is 19.9 Å². The first-order valence-electron chi connectivity index (χ1n) is 5.53. The number of carbonyl (C=O) groups is 1. The van der Waals surface area contributed by atoms with Gasteiger partial charge in [0.2, 0.25) is 0 Å². The van der Waals surface area contributed by atoms with Gasteiger partial charge in [0, 0.05) is 18.7 Å². The van der Waals surface area contributed by atoms with Gasteiger partial charge >= 0.3 is 5.97 Å². The van der Waals surface area contributed by atoms with Crippen molar-refractivity contribution < 1.29 is 14.6 Å². The van der Waals surface area contributed by atoms with Crippen LogP contribution in [0, 0.1) is 5.41 Å². The number of carboxylic acid groups (broad SMARTS) is 1. The highest BCUT2D eigenvalue weighted by molar-refractivity contribution is 5.73. The molecule has 0 fully saturated rings. The van der Waals surface area contributed by atoms with Crippen molar-refractivity contribution in [2.75, 3.05) is 13.7 Å². The summed E-state index contributed by atoms with van der Waals surface area (Å²) in [4.78, 5) is 10.9. The van der Waals surface area contributed by atoms with E-state index in [1.165, 1.54) is 0 Å². The number of rotatable bonds is 6. The molecule has 4 heteroatoms. The summed E-state index contributed by atoms with van der Waals surface area (Å²) >= 11 is 0. The minimum Gasteiger partial charge on any atom is -0.496 e. The summed E-state index contributed by atoms with van der Waals surface area (Å²) in [5.41, 5.74) is 0.262. The number of nitrogens with one attached hydrogen (secondary N) is 1. The molecule has 0 saturated carbocycles. The third-order valence-electron chi connectivity index (χ3n) is 2.65. The van der Waals surface area contributed by atoms with Crippen LogP contribution in [0.5, 0.6) is 5.75 Å². The van der Waals surface area contributed by atoms with Gasteiger partial charge in [0.15, 0.2) is 0 Å². The third-order valence-corrected chi connectivity index (χ3v) is 2.65. The lowest BCUT2D eigenvalue weighted by atomic mass is 9.94. The fourth-order valence-corrected chi connectivity index (χ4v) is 1.43. The van der Waals surface area contributed by atoms with Crippen LogP contribution in [0.4, 0.5) is 0 Å². The van der Waals surface area contributed by atoms with Crippen LogP contribution in [0.2, 0.25) is 0 Å². The summed E-state index contributed by atoms with van der Waals surface area (Å²) < 4.78 is 5.22. The van der Waals surface area contributed by atoms with Crippen molar-refractivity contribution in [2.45, 2.75) is 20.4 Å². The van der Waals surface area contributed by atoms with Crippen molar-refractivity contribution in [2.24, 2.45) is 5.41 Å². The first-order chi connectivity index (χ1) is 7.97. The maximum absolute atomic E-state index is 10.9. The van der Waals surface area contributed by atoms with Crippen LogP contribution in [-0.4, -0.2) is 24.7 Å². The molecule has 1 aromatic carbocycles. The molecule has 17 heavy (non-hydrogen) atoms. The normalized spacial score (nSPS) is 11.2. The number of para-hydroxylation sites is 1. The van der Waals surface area contributed by atoms with Gasteiger partial charge in [-0.2, -0.15) is 0 Å². The molecule has 4 nitrogen and oxygen atoms in total. The van der Waals surface area contributed by atoms with Gasteiger partial charge in [0.05, 0.1) is 12.5 Å². The van der Waals surface area contributed by atoms with E-state index in [2.05, 4.69) is 5.32 Å². The van der Waals surface area contributed by atoms with Crippen molar-refractivity contribution >= 4 is 5.97 Å². The zero-order valence-corrected chi connectivity index (χ0v) is 10.5. The van der Waals surface area contributed by atoms with Crippen LogP contribution < -0.4 is 10.1 Å². The molecule has 0 amide bonds. The van der Waals surface area contributed by atoms with Gasteiger partial charge in [-0.3, -0.25) is 4.79 Å². The molecular formula is C13H19NO3. The molecule has 0 saturated heterocycles. The van der Waals surface area contributed by atoms with Gasteiger partial charge in [-0.25, -0.2) is 0 Å². The van der Waals surface area contributed by atoms with E-state index in [4.69, 9.17) is 9.84 Å². The van der Waals surface area contributed by atoms with Crippen LogP contribution in [-0.2, 0) is 11.3 Å². The summed E-state index contributed by atoms with van der Waals surface area (Å²) in [7, 11) is 1.63. The van der Waals surface area contributed by atoms with E-state index in [-0.39, 0.29) is 0 Å². The Balaban J connectivity index is 2.54. The topological polar surface area (TPSA) is 58.6 Å². The second-order valence-electron chi connectivity index (χ2n) is 4.60. The minimum absolute atomic E-state index is 0.417. The lowest BCUT2D eigenvalue weighted by Crippen LogP contribution is -2.35. The first kappa shape index (κ1) is 13.5. The highest BCUT2D eigenvalue weighted by Crippen LogP contribution is 2.18. The lowest BCUT2D eigenvalue weighted by Gasteiger charge is -2.20. The Kier molecular flexibility index (Phi) is 4.52. The fraction of sp³-hybridized carbons (Fsp3) is 0.462. The monoisotopic (exact) mass is 237 g/mol. The van der Waals surface area contributed by atoms with Crippen molar-refractivity contribution in [3.63, 3.8) is 0 Å². The number of carboxylic acids is 1. The Labute approximate surface area is 102 Å². The second-order valence-corrected chi connectivity index (χ2v) is 4.60. The van der Waals surface area contributed by atoms with Gasteiger partial charge in [-0.15, -0.1) is 0 Å². The van der Waals surface area contributed by atoms with Crippen LogP contribution in [0.3, 0.4) is 0 Å². The first-order valence-corrected chi connectivity index (χ1v) is 5.53. The number of hydrogen-bond donors (Lipinski definition) is 2. The molecule has 0 atom stereocenters. The van der Waals surface area contributed by atoms with E-state index in [0.29, 0.717) is 13.1 Å². The molecule has 0 bridgehead atoms. The maximum Gasteiger partial charge on any atom is 0.310 e. The fourth-order valence-electron chi connectivity index (χ4n) is 1.43. The molecular weight excluding hydrogens is 218 g/mol. The van der Waals surface area contributed by atoms with Crippen LogP contribution in [0.1, 0.15) is 19.4 Å². The Bertz CT molecular complexity index is 388. The minimum atomic E-state index is -0.801. The molecule has 0 radical (unpaired) electrons. The smallest absolute Gasteiger partial charge is 0.310 e. The Morgan fingerprint density at radius 3 is 2.65 bits per heavy atom. The highest BCUT2D eigenvalue weighted by atomic mass is 16.5. The van der Waals surface area contributed by atoms with Gasteiger partial charge < -0.3 is 15.2 Å². The van der Waals surface area contributed by atoms with Crippen molar-refractivity contribution in [1.82, 2.24) is 5.32 Å². The third kappa shape index (κ3) is 3.75. The van der Waals surface area contributed by atoms with Crippen LogP contribution in [0.25, 0.3) is 0 Å². The molecule has 1 aromatic rings. The van der Waals surface area contributed by atoms with E-state index in [9.17, 15) is 4.79 Å². The van der Waals surface area contributed by atoms with E-state index >= 15 is 0 Å². The quantitative estimate of drug-likeness (QED) is 0.793. The van der Waals surface area contributed by atoms with Crippen molar-refractivity contribution in [1.29, 1.82) is 0 Å². The van der Waals surface area contributed by atoms with Gasteiger partial charge in [0.25, 0.3) is 0 Å². The van der Waals surface area contributed by atoms with E-state index < -0.39 is 11.4 Å². The molecule has 0 spiro atoms. The second kappa shape index (κ2) is 5.68. The molecule has 0 aliphatic carbocycles. The highest BCUT2D eigenvalue weighted by Gasteiger charge is 2.26. The number of methoxy groups -OCH3 is 1. The largest absolute Gasteiger partial charge is 0.496 e. The molecule has 0 aliphatic heterocycles. The SMILES string of the molecule is COc1ccccc1CNCC(C)(C)C(=O)O. The summed E-state index contributed by atoms with van der Waals surface area (Å²) in [6, 6.07) is 7.68. The Morgan fingerprint density at radius 2 is 2.06 bits per heavy atom. The van der Waals surface area contributed by atoms with Crippen LogP contribution in [0.15, 0.2) is 24.3 Å². The van der Waals surface area contributed by atoms with E-state index in [0.717, 1.165) is 11.3 Å². The summed E-state index contributed by atoms with van der Waals surface area (Å²) in [5.74, 6) is 0.0122. The molecule has 2 N–H and O–H groups in total. The molecule has 0 aliphatic rings. The van der Waals surface area contributed by atoms with E-state index in [1.54, 1.807) is 21.0 Å². The molecule has 1 rings (SSSR count). The zero-order chi connectivity index (χ0) is 12.9. The summed E-state index contributed by atoms with van der Waals surface area (Å²) in [6.45, 7) is 4.41. The summed E-state index contributed by atoms with van der Waals surface area (Å²) in [5, 5.41) is 12.1. The maximum atomic E-state index is 10.9. The Morgan fingerprint density at radius 1 is 1.41 bits per heavy atom. The summed E-state index contributed by atoms with van der Waals surface area (Å²) in [6.07, 6.45) is 0. The van der Waals surface area contributed by atoms with Crippen molar-refractivity contribution in [3.05, 3.63) is 29.8 Å². The standard InChI is InChI=1S/C13H19NO3/c1-13(2,12(15)16)9-14-8-10-6-4-5-7-11(10)17-3/h4-7,14H,8-9H2,1-3H3,(H,15,16). The number of hydrogen-bond acceptors (Lipinski definition) is 3. The van der Waals surface area contributed by atoms with E-state index in [1.807, 2.05) is 24.3 Å². The number of benzene rings is 1. The lowest BCUT2D eigenvalue weighted by molar-refractivity contribution is -0.146. The number of aliphatic carboxylic acids is 1. The molecule has 0 unspecified atom stereocenters. The van der Waals surface area contributed by atoms with Crippen molar-refractivity contribution in [3.8, 4) is 5.75 Å². The van der Waals surface area contributed by atoms with Gasteiger partial charge in [-0.1, -0.05) is 18.2 Å². The Hall–Kier alpha value is -1.55.